The third kappa shape index (κ3) is 2.15. The summed E-state index contributed by atoms with van der Waals surface area (Å²) in [5.74, 6) is 0. The lowest BCUT2D eigenvalue weighted by Gasteiger charge is -2.05. The highest BCUT2D eigenvalue weighted by molar-refractivity contribution is 5.96. The van der Waals surface area contributed by atoms with Crippen molar-refractivity contribution < 1.29 is 0 Å². The van der Waals surface area contributed by atoms with Gasteiger partial charge in [0.05, 0.1) is 5.52 Å². The zero-order valence-electron chi connectivity index (χ0n) is 11.1. The van der Waals surface area contributed by atoms with Crippen molar-refractivity contribution in [3.63, 3.8) is 0 Å². The van der Waals surface area contributed by atoms with Gasteiger partial charge in [-0.05, 0) is 31.0 Å². The molecule has 96 valence electrons. The van der Waals surface area contributed by atoms with E-state index >= 15 is 0 Å². The van der Waals surface area contributed by atoms with Crippen molar-refractivity contribution in [3.8, 4) is 11.1 Å². The van der Waals surface area contributed by atoms with Crippen molar-refractivity contribution in [2.75, 3.05) is 6.54 Å². The molecule has 0 aliphatic heterocycles. The minimum absolute atomic E-state index is 0.682. The van der Waals surface area contributed by atoms with Gasteiger partial charge in [0.15, 0.2) is 0 Å². The first-order chi connectivity index (χ1) is 9.29. The molecule has 1 aromatic heterocycles. The molecular formula is C17H18N2. The van der Waals surface area contributed by atoms with E-state index in [1.54, 1.807) is 0 Å². The molecule has 0 aliphatic carbocycles. The number of hydrogen-bond acceptors (Lipinski definition) is 1. The molecule has 0 radical (unpaired) electrons. The number of aromatic nitrogens is 1. The highest BCUT2D eigenvalue weighted by Gasteiger charge is 2.08. The van der Waals surface area contributed by atoms with Crippen LogP contribution in [0.25, 0.3) is 22.0 Å². The average Bonchev–Trinajstić information content (AvgIpc) is 2.83. The molecule has 0 bridgehead atoms. The van der Waals surface area contributed by atoms with Crippen LogP contribution in [0.2, 0.25) is 0 Å². The number of aryl methyl sites for hydroxylation is 1. The Morgan fingerprint density at radius 2 is 1.95 bits per heavy atom. The Balaban J connectivity index is 2.19. The van der Waals surface area contributed by atoms with Gasteiger partial charge in [0.2, 0.25) is 0 Å². The van der Waals surface area contributed by atoms with E-state index in [1.165, 1.54) is 33.2 Å². The fourth-order valence-corrected chi connectivity index (χ4v) is 2.63. The van der Waals surface area contributed by atoms with Crippen molar-refractivity contribution in [2.45, 2.75) is 13.3 Å². The van der Waals surface area contributed by atoms with Gasteiger partial charge in [-0.25, -0.2) is 0 Å². The molecule has 0 amide bonds. The molecule has 3 rings (SSSR count). The van der Waals surface area contributed by atoms with Gasteiger partial charge in [0, 0.05) is 17.1 Å². The normalized spacial score (nSPS) is 11.1. The van der Waals surface area contributed by atoms with Gasteiger partial charge in [-0.3, -0.25) is 0 Å². The molecule has 0 saturated carbocycles. The van der Waals surface area contributed by atoms with E-state index in [0.29, 0.717) is 6.54 Å². The van der Waals surface area contributed by atoms with Crippen molar-refractivity contribution in [2.24, 2.45) is 5.73 Å². The lowest BCUT2D eigenvalue weighted by molar-refractivity contribution is 0.976. The molecule has 19 heavy (non-hydrogen) atoms. The largest absolute Gasteiger partial charge is 0.360 e. The molecule has 0 atom stereocenters. The maximum atomic E-state index is 5.67. The van der Waals surface area contributed by atoms with Crippen LogP contribution in [-0.2, 0) is 6.42 Å². The van der Waals surface area contributed by atoms with Crippen LogP contribution in [0, 0.1) is 6.92 Å². The Morgan fingerprint density at radius 1 is 1.11 bits per heavy atom. The number of nitrogens with two attached hydrogens (primary N) is 1. The summed E-state index contributed by atoms with van der Waals surface area (Å²) < 4.78 is 0. The number of para-hydroxylation sites is 1. The Morgan fingerprint density at radius 3 is 2.74 bits per heavy atom. The van der Waals surface area contributed by atoms with Crippen molar-refractivity contribution in [3.05, 3.63) is 59.8 Å². The van der Waals surface area contributed by atoms with Gasteiger partial charge < -0.3 is 10.7 Å². The third-order valence-electron chi connectivity index (χ3n) is 3.54. The Labute approximate surface area is 113 Å². The molecule has 0 aliphatic rings. The van der Waals surface area contributed by atoms with Crippen molar-refractivity contribution >= 4 is 10.9 Å². The number of benzene rings is 2. The molecule has 0 fully saturated rings. The molecule has 2 aromatic carbocycles. The fourth-order valence-electron chi connectivity index (χ4n) is 2.63. The molecule has 2 heteroatoms. The molecule has 0 saturated heterocycles. The van der Waals surface area contributed by atoms with E-state index < -0.39 is 0 Å². The van der Waals surface area contributed by atoms with Gasteiger partial charge in [-0.15, -0.1) is 0 Å². The average molecular weight is 250 g/mol. The van der Waals surface area contributed by atoms with E-state index in [2.05, 4.69) is 60.6 Å². The van der Waals surface area contributed by atoms with Gasteiger partial charge in [-0.2, -0.15) is 0 Å². The number of fused-ring (bicyclic) bond motifs is 1. The second-order valence-electron chi connectivity index (χ2n) is 4.95. The predicted molar refractivity (Wildman–Crippen MR) is 81.2 cm³/mol. The van der Waals surface area contributed by atoms with Crippen LogP contribution in [0.4, 0.5) is 0 Å². The zero-order valence-corrected chi connectivity index (χ0v) is 11.1. The minimum atomic E-state index is 0.682. The van der Waals surface area contributed by atoms with E-state index in [1.807, 2.05) is 0 Å². The SMILES string of the molecule is Cc1cccc(-c2cccc3c(CCN)c[nH]c23)c1. The monoisotopic (exact) mass is 250 g/mol. The second kappa shape index (κ2) is 4.90. The Bertz CT molecular complexity index is 710. The van der Waals surface area contributed by atoms with Crippen LogP contribution >= 0.6 is 0 Å². The Hall–Kier alpha value is -2.06. The molecule has 3 N–H and O–H groups in total. The summed E-state index contributed by atoms with van der Waals surface area (Å²) in [6.45, 7) is 2.81. The van der Waals surface area contributed by atoms with Crippen molar-refractivity contribution in [1.82, 2.24) is 4.98 Å². The van der Waals surface area contributed by atoms with Crippen LogP contribution in [0.15, 0.2) is 48.7 Å². The number of hydrogen-bond donors (Lipinski definition) is 2. The zero-order chi connectivity index (χ0) is 13.2. The van der Waals surface area contributed by atoms with Crippen molar-refractivity contribution in [1.29, 1.82) is 0 Å². The highest BCUT2D eigenvalue weighted by atomic mass is 14.7. The summed E-state index contributed by atoms with van der Waals surface area (Å²) in [7, 11) is 0. The predicted octanol–water partition coefficient (Wildman–Crippen LogP) is 3.64. The highest BCUT2D eigenvalue weighted by Crippen LogP contribution is 2.30. The van der Waals surface area contributed by atoms with Gasteiger partial charge >= 0.3 is 0 Å². The van der Waals surface area contributed by atoms with Crippen LogP contribution < -0.4 is 5.73 Å². The smallest absolute Gasteiger partial charge is 0.0536 e. The first kappa shape index (κ1) is 12.0. The summed E-state index contributed by atoms with van der Waals surface area (Å²) in [6, 6.07) is 15.1. The summed E-state index contributed by atoms with van der Waals surface area (Å²) in [6.07, 6.45) is 2.99. The number of aromatic amines is 1. The Kier molecular flexibility index (Phi) is 3.10. The first-order valence-electron chi connectivity index (χ1n) is 6.65. The van der Waals surface area contributed by atoms with Crippen LogP contribution in [0.5, 0.6) is 0 Å². The lowest BCUT2D eigenvalue weighted by atomic mass is 10.00. The summed E-state index contributed by atoms with van der Waals surface area (Å²) in [5, 5.41) is 1.28. The molecule has 1 heterocycles. The van der Waals surface area contributed by atoms with Gasteiger partial charge in [-0.1, -0.05) is 48.0 Å². The summed E-state index contributed by atoms with van der Waals surface area (Å²) >= 11 is 0. The fraction of sp³-hybridized carbons (Fsp3) is 0.176. The third-order valence-corrected chi connectivity index (χ3v) is 3.54. The standard InChI is InChI=1S/C17H18N2/c1-12-4-2-5-13(10-12)15-6-3-7-16-14(8-9-18)11-19-17(15)16/h2-7,10-11,19H,8-9,18H2,1H3. The summed E-state index contributed by atoms with van der Waals surface area (Å²) in [4.78, 5) is 3.40. The van der Waals surface area contributed by atoms with E-state index in [9.17, 15) is 0 Å². The van der Waals surface area contributed by atoms with Gasteiger partial charge in [0.25, 0.3) is 0 Å². The molecule has 0 unspecified atom stereocenters. The summed E-state index contributed by atoms with van der Waals surface area (Å²) in [5.41, 5.74) is 12.0. The number of nitrogens with one attached hydrogen (secondary N) is 1. The van der Waals surface area contributed by atoms with E-state index in [-0.39, 0.29) is 0 Å². The number of H-pyrrole nitrogens is 1. The first-order valence-corrected chi connectivity index (χ1v) is 6.65. The molecular weight excluding hydrogens is 232 g/mol. The maximum Gasteiger partial charge on any atom is 0.0536 e. The van der Waals surface area contributed by atoms with Gasteiger partial charge in [0.1, 0.15) is 0 Å². The van der Waals surface area contributed by atoms with Crippen LogP contribution in [-0.4, -0.2) is 11.5 Å². The molecule has 2 nitrogen and oxygen atoms in total. The topological polar surface area (TPSA) is 41.8 Å². The lowest BCUT2D eigenvalue weighted by Crippen LogP contribution is -2.01. The molecule has 3 aromatic rings. The minimum Gasteiger partial charge on any atom is -0.360 e. The van der Waals surface area contributed by atoms with Crippen LogP contribution in [0.3, 0.4) is 0 Å². The maximum absolute atomic E-state index is 5.67. The quantitative estimate of drug-likeness (QED) is 0.732. The van der Waals surface area contributed by atoms with E-state index in [4.69, 9.17) is 5.73 Å². The van der Waals surface area contributed by atoms with Crippen LogP contribution in [0.1, 0.15) is 11.1 Å². The second-order valence-corrected chi connectivity index (χ2v) is 4.95. The molecule has 0 spiro atoms. The number of rotatable bonds is 3. The van der Waals surface area contributed by atoms with E-state index in [0.717, 1.165) is 6.42 Å².